The predicted molar refractivity (Wildman–Crippen MR) is 76.7 cm³/mol. The average Bonchev–Trinajstić information content (AvgIpc) is 3.17. The highest BCUT2D eigenvalue weighted by molar-refractivity contribution is 5.91. The number of allylic oxidation sites excluding steroid dienone is 2. The van der Waals surface area contributed by atoms with Crippen molar-refractivity contribution < 1.29 is 24.2 Å². The van der Waals surface area contributed by atoms with E-state index in [9.17, 15) is 14.7 Å². The first-order valence-corrected chi connectivity index (χ1v) is 7.54. The predicted octanol–water partition coefficient (Wildman–Crippen LogP) is 2.47. The fourth-order valence-electron chi connectivity index (χ4n) is 2.42. The molecule has 0 spiro atoms. The first-order chi connectivity index (χ1) is 10.1. The molecule has 1 saturated heterocycles. The van der Waals surface area contributed by atoms with Crippen LogP contribution in [0.3, 0.4) is 0 Å². The van der Waals surface area contributed by atoms with Crippen LogP contribution in [0.25, 0.3) is 0 Å². The molecule has 21 heavy (non-hydrogen) atoms. The maximum absolute atomic E-state index is 12.0. The Kier molecular flexibility index (Phi) is 5.56. The molecule has 1 aliphatic heterocycles. The van der Waals surface area contributed by atoms with Gasteiger partial charge in [0.1, 0.15) is 12.7 Å². The summed E-state index contributed by atoms with van der Waals surface area (Å²) in [5.74, 6) is -1.38. The first-order valence-electron chi connectivity index (χ1n) is 7.54. The molecule has 0 saturated carbocycles. The van der Waals surface area contributed by atoms with E-state index in [0.717, 1.165) is 25.7 Å². The molecule has 0 aromatic carbocycles. The van der Waals surface area contributed by atoms with Crippen LogP contribution in [0.4, 0.5) is 0 Å². The van der Waals surface area contributed by atoms with Crippen molar-refractivity contribution in [3.63, 3.8) is 0 Å². The molecule has 1 fully saturated rings. The fourth-order valence-corrected chi connectivity index (χ4v) is 2.42. The lowest BCUT2D eigenvalue weighted by molar-refractivity contribution is -0.140. The van der Waals surface area contributed by atoms with Crippen molar-refractivity contribution in [1.29, 1.82) is 0 Å². The molecule has 0 radical (unpaired) electrons. The number of aliphatic carboxylic acids is 1. The third kappa shape index (κ3) is 4.70. The van der Waals surface area contributed by atoms with Crippen molar-refractivity contribution in [2.45, 2.75) is 45.1 Å². The van der Waals surface area contributed by atoms with Gasteiger partial charge in [-0.05, 0) is 25.7 Å². The van der Waals surface area contributed by atoms with Gasteiger partial charge in [0, 0.05) is 17.1 Å². The van der Waals surface area contributed by atoms with E-state index in [1.165, 1.54) is 0 Å². The summed E-state index contributed by atoms with van der Waals surface area (Å²) < 4.78 is 10.2. The SMILES string of the molecule is CCCCC(=CC1CCC=C1C(=O)OCC1CO1)C(=O)O. The molecule has 2 aliphatic rings. The Labute approximate surface area is 124 Å². The normalized spacial score (nSPS) is 24.6. The number of epoxide rings is 1. The molecule has 2 rings (SSSR count). The number of ether oxygens (including phenoxy) is 2. The molecule has 1 aliphatic carbocycles. The van der Waals surface area contributed by atoms with E-state index < -0.39 is 5.97 Å². The number of hydrogen-bond donors (Lipinski definition) is 1. The molecule has 1 heterocycles. The van der Waals surface area contributed by atoms with Gasteiger partial charge in [-0.3, -0.25) is 0 Å². The summed E-state index contributed by atoms with van der Waals surface area (Å²) in [6.45, 7) is 2.96. The Hall–Kier alpha value is -1.62. The highest BCUT2D eigenvalue weighted by Gasteiger charge is 2.29. The minimum atomic E-state index is -0.894. The Balaban J connectivity index is 1.97. The Morgan fingerprint density at radius 2 is 2.29 bits per heavy atom. The molecule has 0 amide bonds. The van der Waals surface area contributed by atoms with Crippen LogP contribution in [0.2, 0.25) is 0 Å². The van der Waals surface area contributed by atoms with Crippen LogP contribution in [0.5, 0.6) is 0 Å². The lowest BCUT2D eigenvalue weighted by Crippen LogP contribution is -2.16. The van der Waals surface area contributed by atoms with Crippen LogP contribution in [0.15, 0.2) is 23.3 Å². The second kappa shape index (κ2) is 7.41. The zero-order valence-electron chi connectivity index (χ0n) is 12.3. The van der Waals surface area contributed by atoms with E-state index in [0.29, 0.717) is 24.2 Å². The number of esters is 1. The zero-order chi connectivity index (χ0) is 15.2. The minimum Gasteiger partial charge on any atom is -0.478 e. The quantitative estimate of drug-likeness (QED) is 0.423. The molecule has 1 N–H and O–H groups in total. The van der Waals surface area contributed by atoms with E-state index >= 15 is 0 Å². The highest BCUT2D eigenvalue weighted by Crippen LogP contribution is 2.30. The number of carbonyl (C=O) groups excluding carboxylic acids is 1. The lowest BCUT2D eigenvalue weighted by Gasteiger charge is -2.12. The van der Waals surface area contributed by atoms with Gasteiger partial charge in [-0.15, -0.1) is 0 Å². The summed E-state index contributed by atoms with van der Waals surface area (Å²) in [5.41, 5.74) is 0.985. The molecule has 2 atom stereocenters. The summed E-state index contributed by atoms with van der Waals surface area (Å²) in [5, 5.41) is 9.25. The largest absolute Gasteiger partial charge is 0.478 e. The van der Waals surface area contributed by atoms with Gasteiger partial charge in [0.05, 0.1) is 6.61 Å². The summed E-state index contributed by atoms with van der Waals surface area (Å²) in [6, 6.07) is 0. The van der Waals surface area contributed by atoms with Crippen molar-refractivity contribution in [2.75, 3.05) is 13.2 Å². The standard InChI is InChI=1S/C16H22O5/c1-2-3-5-12(15(17)18)8-11-6-4-7-14(11)16(19)21-10-13-9-20-13/h7-8,11,13H,2-6,9-10H2,1H3,(H,17,18). The Morgan fingerprint density at radius 3 is 2.90 bits per heavy atom. The minimum absolute atomic E-state index is 0.0454. The van der Waals surface area contributed by atoms with Crippen LogP contribution < -0.4 is 0 Å². The molecular weight excluding hydrogens is 272 g/mol. The fraction of sp³-hybridized carbons (Fsp3) is 0.625. The maximum Gasteiger partial charge on any atom is 0.334 e. The van der Waals surface area contributed by atoms with Gasteiger partial charge >= 0.3 is 11.9 Å². The van der Waals surface area contributed by atoms with Gasteiger partial charge in [0.25, 0.3) is 0 Å². The van der Waals surface area contributed by atoms with Gasteiger partial charge in [-0.1, -0.05) is 25.5 Å². The summed E-state index contributed by atoms with van der Waals surface area (Å²) >= 11 is 0. The van der Waals surface area contributed by atoms with Gasteiger partial charge in [-0.25, -0.2) is 9.59 Å². The molecule has 0 aromatic heterocycles. The van der Waals surface area contributed by atoms with Crippen molar-refractivity contribution >= 4 is 11.9 Å². The second-order valence-corrected chi connectivity index (χ2v) is 5.50. The van der Waals surface area contributed by atoms with Crippen molar-refractivity contribution in [3.05, 3.63) is 23.3 Å². The Bertz CT molecular complexity index is 459. The topological polar surface area (TPSA) is 76.1 Å². The third-order valence-electron chi connectivity index (χ3n) is 3.76. The summed E-state index contributed by atoms with van der Waals surface area (Å²) in [6.07, 6.45) is 7.51. The second-order valence-electron chi connectivity index (χ2n) is 5.50. The number of hydrogen-bond acceptors (Lipinski definition) is 4. The van der Waals surface area contributed by atoms with Crippen molar-refractivity contribution in [2.24, 2.45) is 5.92 Å². The van der Waals surface area contributed by atoms with Gasteiger partial charge in [0.2, 0.25) is 0 Å². The number of unbranched alkanes of at least 4 members (excludes halogenated alkanes) is 1. The smallest absolute Gasteiger partial charge is 0.334 e. The molecule has 5 heteroatoms. The van der Waals surface area contributed by atoms with Crippen LogP contribution in [0, 0.1) is 5.92 Å². The van der Waals surface area contributed by atoms with Gasteiger partial charge in [-0.2, -0.15) is 0 Å². The molecule has 2 unspecified atom stereocenters. The lowest BCUT2D eigenvalue weighted by atomic mass is 9.96. The van der Waals surface area contributed by atoms with E-state index in [-0.39, 0.29) is 24.6 Å². The van der Waals surface area contributed by atoms with Crippen LogP contribution >= 0.6 is 0 Å². The first kappa shape index (κ1) is 15.8. The van der Waals surface area contributed by atoms with Crippen molar-refractivity contribution in [1.82, 2.24) is 0 Å². The molecule has 5 nitrogen and oxygen atoms in total. The molecule has 116 valence electrons. The van der Waals surface area contributed by atoms with E-state index in [1.807, 2.05) is 13.0 Å². The van der Waals surface area contributed by atoms with Crippen LogP contribution in [-0.4, -0.2) is 36.4 Å². The van der Waals surface area contributed by atoms with E-state index in [1.54, 1.807) is 6.08 Å². The number of carbonyl (C=O) groups is 2. The zero-order valence-corrected chi connectivity index (χ0v) is 12.3. The monoisotopic (exact) mass is 294 g/mol. The number of rotatable bonds is 8. The summed E-state index contributed by atoms with van der Waals surface area (Å²) in [7, 11) is 0. The van der Waals surface area contributed by atoms with Crippen molar-refractivity contribution in [3.8, 4) is 0 Å². The Morgan fingerprint density at radius 1 is 1.52 bits per heavy atom. The highest BCUT2D eigenvalue weighted by atomic mass is 16.6. The van der Waals surface area contributed by atoms with E-state index in [4.69, 9.17) is 9.47 Å². The van der Waals surface area contributed by atoms with Gasteiger partial charge in [0.15, 0.2) is 0 Å². The molecular formula is C16H22O5. The molecule has 0 bridgehead atoms. The number of carboxylic acids is 1. The summed E-state index contributed by atoms with van der Waals surface area (Å²) in [4.78, 5) is 23.3. The third-order valence-corrected chi connectivity index (χ3v) is 3.76. The van der Waals surface area contributed by atoms with Crippen LogP contribution in [0.1, 0.15) is 39.0 Å². The van der Waals surface area contributed by atoms with Crippen LogP contribution in [-0.2, 0) is 19.1 Å². The average molecular weight is 294 g/mol. The number of carboxylic acid groups (broad SMARTS) is 1. The maximum atomic E-state index is 12.0. The van der Waals surface area contributed by atoms with E-state index in [2.05, 4.69) is 0 Å². The molecule has 0 aromatic rings. The van der Waals surface area contributed by atoms with Gasteiger partial charge < -0.3 is 14.6 Å².